The Hall–Kier alpha value is -8.65. The summed E-state index contributed by atoms with van der Waals surface area (Å²) in [5.74, 6) is 3.38. The van der Waals surface area contributed by atoms with Gasteiger partial charge in [-0.15, -0.1) is 11.3 Å². The first-order valence-electron chi connectivity index (χ1n) is 23.2. The standard InChI is InChI=1S/C62H44N6S/c1-39-16-12-25-47(34-39)51-28-15-29-52-54-38-50(46-24-14-27-49(36-46)62-67-59(44-22-10-5-11-23-44)66-61(68-62)48-26-13-17-40(2)35-48)37-53(56(54)69-55(51)52)41-30-32-45(33-31-41)60-64-57(42-18-6-3-7-19-42)63-58(65-60)43-20-8-4-9-21-43/h3-38,61H,1-2H3,(H,66,67,68). The number of benzene rings is 9. The van der Waals surface area contributed by atoms with Gasteiger partial charge in [0.1, 0.15) is 12.0 Å². The molecule has 0 bridgehead atoms. The van der Waals surface area contributed by atoms with E-state index in [9.17, 15) is 0 Å². The number of rotatable bonds is 9. The van der Waals surface area contributed by atoms with Crippen molar-refractivity contribution in [1.29, 1.82) is 0 Å². The van der Waals surface area contributed by atoms with E-state index in [1.54, 1.807) is 0 Å². The van der Waals surface area contributed by atoms with E-state index >= 15 is 0 Å². The van der Waals surface area contributed by atoms with Crippen molar-refractivity contribution in [2.75, 3.05) is 0 Å². The minimum Gasteiger partial charge on any atom is -0.344 e. The third-order valence-electron chi connectivity index (χ3n) is 12.7. The largest absolute Gasteiger partial charge is 0.344 e. The summed E-state index contributed by atoms with van der Waals surface area (Å²) in [4.78, 5) is 25.3. The van der Waals surface area contributed by atoms with Gasteiger partial charge in [-0.2, -0.15) is 0 Å². The lowest BCUT2D eigenvalue weighted by molar-refractivity contribution is 0.673. The van der Waals surface area contributed by atoms with Crippen molar-refractivity contribution in [2.24, 2.45) is 9.98 Å². The van der Waals surface area contributed by atoms with Crippen molar-refractivity contribution in [3.05, 3.63) is 246 Å². The highest BCUT2D eigenvalue weighted by Gasteiger charge is 2.23. The molecule has 3 heterocycles. The van der Waals surface area contributed by atoms with Crippen molar-refractivity contribution in [3.63, 3.8) is 0 Å². The highest BCUT2D eigenvalue weighted by Crippen LogP contribution is 2.46. The maximum atomic E-state index is 5.17. The fourth-order valence-electron chi connectivity index (χ4n) is 9.23. The van der Waals surface area contributed by atoms with Crippen LogP contribution >= 0.6 is 11.3 Å². The van der Waals surface area contributed by atoms with E-state index in [4.69, 9.17) is 24.9 Å². The molecule has 0 radical (unpaired) electrons. The lowest BCUT2D eigenvalue weighted by Gasteiger charge is -2.24. The molecule has 0 saturated heterocycles. The molecule has 1 unspecified atom stereocenters. The predicted octanol–water partition coefficient (Wildman–Crippen LogP) is 15.4. The Labute approximate surface area is 405 Å². The van der Waals surface area contributed by atoms with Gasteiger partial charge in [0, 0.05) is 53.6 Å². The molecule has 1 atom stereocenters. The molecule has 1 aliphatic heterocycles. The summed E-state index contributed by atoms with van der Waals surface area (Å²) in [5, 5.41) is 6.15. The number of aliphatic imine (C=N–C) groups is 2. The van der Waals surface area contributed by atoms with Crippen LogP contribution in [0.1, 0.15) is 34.0 Å². The van der Waals surface area contributed by atoms with Crippen LogP contribution in [0.5, 0.6) is 0 Å². The SMILES string of the molecule is Cc1cccc(-c2cccc3c2sc2c(-c4ccc(-c5nc(-c6ccccc6)nc(-c6ccccc6)n5)cc4)cc(-c4cccc(C5=NC(c6ccccc6)=NC(c6cccc(C)c6)N5)c4)cc23)c1. The Morgan fingerprint density at radius 1 is 0.377 bits per heavy atom. The molecule has 0 saturated carbocycles. The molecule has 9 aromatic carbocycles. The number of nitrogens with one attached hydrogen (secondary N) is 1. The van der Waals surface area contributed by atoms with Gasteiger partial charge in [-0.3, -0.25) is 0 Å². The van der Waals surface area contributed by atoms with Crippen LogP contribution in [-0.2, 0) is 0 Å². The van der Waals surface area contributed by atoms with Crippen LogP contribution < -0.4 is 5.32 Å². The molecule has 6 nitrogen and oxygen atoms in total. The van der Waals surface area contributed by atoms with E-state index in [1.807, 2.05) is 90.2 Å². The van der Waals surface area contributed by atoms with E-state index in [1.165, 1.54) is 42.4 Å². The van der Waals surface area contributed by atoms with Gasteiger partial charge in [0.25, 0.3) is 0 Å². The number of aromatic nitrogens is 3. The Morgan fingerprint density at radius 2 is 0.913 bits per heavy atom. The molecular weight excluding hydrogens is 861 g/mol. The van der Waals surface area contributed by atoms with Gasteiger partial charge in [-0.05, 0) is 65.4 Å². The second kappa shape index (κ2) is 17.9. The molecule has 69 heavy (non-hydrogen) atoms. The number of aryl methyl sites for hydroxylation is 2. The average molecular weight is 905 g/mol. The van der Waals surface area contributed by atoms with Crippen LogP contribution in [0.15, 0.2) is 228 Å². The number of amidine groups is 2. The molecule has 0 aliphatic carbocycles. The van der Waals surface area contributed by atoms with Crippen molar-refractivity contribution in [1.82, 2.24) is 20.3 Å². The minimum absolute atomic E-state index is 0.297. The lowest BCUT2D eigenvalue weighted by atomic mass is 9.94. The van der Waals surface area contributed by atoms with Crippen LogP contribution in [-0.4, -0.2) is 26.6 Å². The predicted molar refractivity (Wildman–Crippen MR) is 287 cm³/mol. The summed E-state index contributed by atoms with van der Waals surface area (Å²) >= 11 is 1.86. The van der Waals surface area contributed by atoms with Gasteiger partial charge in [0.2, 0.25) is 0 Å². The van der Waals surface area contributed by atoms with Crippen molar-refractivity contribution < 1.29 is 0 Å². The minimum atomic E-state index is -0.297. The second-order valence-electron chi connectivity index (χ2n) is 17.5. The van der Waals surface area contributed by atoms with Gasteiger partial charge in [-0.25, -0.2) is 24.9 Å². The maximum Gasteiger partial charge on any atom is 0.164 e. The summed E-state index contributed by atoms with van der Waals surface area (Å²) in [5.41, 5.74) is 15.2. The Bertz CT molecular complexity index is 3710. The third-order valence-corrected chi connectivity index (χ3v) is 14.0. The molecule has 1 aliphatic rings. The molecule has 0 amide bonds. The molecular formula is C62H44N6S. The summed E-state index contributed by atoms with van der Waals surface area (Å²) in [6.07, 6.45) is -0.297. The number of hydrogen-bond acceptors (Lipinski definition) is 7. The average Bonchev–Trinajstić information content (AvgIpc) is 3.80. The first-order valence-corrected chi connectivity index (χ1v) is 24.0. The highest BCUT2D eigenvalue weighted by atomic mass is 32.1. The third kappa shape index (κ3) is 8.30. The van der Waals surface area contributed by atoms with Gasteiger partial charge in [0.15, 0.2) is 23.3 Å². The van der Waals surface area contributed by atoms with E-state index < -0.39 is 0 Å². The number of thiophene rings is 1. The van der Waals surface area contributed by atoms with E-state index in [0.717, 1.165) is 61.5 Å². The lowest BCUT2D eigenvalue weighted by Crippen LogP contribution is -2.33. The highest BCUT2D eigenvalue weighted by molar-refractivity contribution is 7.26. The molecule has 1 N–H and O–H groups in total. The summed E-state index contributed by atoms with van der Waals surface area (Å²) < 4.78 is 2.50. The first-order chi connectivity index (χ1) is 34.0. The smallest absolute Gasteiger partial charge is 0.164 e. The quantitative estimate of drug-likeness (QED) is 0.157. The summed E-state index contributed by atoms with van der Waals surface area (Å²) in [7, 11) is 0. The molecule has 0 spiro atoms. The van der Waals surface area contributed by atoms with E-state index in [0.29, 0.717) is 23.3 Å². The summed E-state index contributed by atoms with van der Waals surface area (Å²) in [6, 6.07) is 76.6. The molecule has 7 heteroatoms. The van der Waals surface area contributed by atoms with Crippen LogP contribution in [0.25, 0.3) is 87.7 Å². The van der Waals surface area contributed by atoms with Gasteiger partial charge in [-0.1, -0.05) is 211 Å². The zero-order valence-corrected chi connectivity index (χ0v) is 38.8. The van der Waals surface area contributed by atoms with E-state index in [-0.39, 0.29) is 6.17 Å². The fraction of sp³-hybridized carbons (Fsp3) is 0.0484. The van der Waals surface area contributed by atoms with Crippen molar-refractivity contribution in [3.8, 4) is 67.5 Å². The Morgan fingerprint density at radius 3 is 1.58 bits per heavy atom. The Balaban J connectivity index is 0.995. The zero-order chi connectivity index (χ0) is 46.3. The van der Waals surface area contributed by atoms with Crippen molar-refractivity contribution >= 4 is 43.2 Å². The number of fused-ring (bicyclic) bond motifs is 3. The van der Waals surface area contributed by atoms with Gasteiger partial charge < -0.3 is 5.32 Å². The van der Waals surface area contributed by atoms with Crippen molar-refractivity contribution in [2.45, 2.75) is 20.0 Å². The number of hydrogen-bond donors (Lipinski definition) is 1. The van der Waals surface area contributed by atoms with Crippen LogP contribution in [0.4, 0.5) is 0 Å². The molecule has 12 rings (SSSR count). The van der Waals surface area contributed by atoms with Gasteiger partial charge in [0.05, 0.1) is 0 Å². The maximum absolute atomic E-state index is 5.17. The second-order valence-corrected chi connectivity index (χ2v) is 18.5. The summed E-state index contributed by atoms with van der Waals surface area (Å²) in [6.45, 7) is 4.27. The van der Waals surface area contributed by atoms with Gasteiger partial charge >= 0.3 is 0 Å². The normalized spacial score (nSPS) is 13.5. The first kappa shape index (κ1) is 41.8. The molecule has 2 aromatic heterocycles. The Kier molecular flexibility index (Phi) is 10.8. The topological polar surface area (TPSA) is 75.4 Å². The molecule has 11 aromatic rings. The van der Waals surface area contributed by atoms with E-state index in [2.05, 4.69) is 159 Å². The molecule has 328 valence electrons. The zero-order valence-electron chi connectivity index (χ0n) is 38.0. The monoisotopic (exact) mass is 904 g/mol. The van der Waals surface area contributed by atoms with Crippen LogP contribution in [0, 0.1) is 13.8 Å². The molecule has 0 fully saturated rings. The fourth-order valence-corrected chi connectivity index (χ4v) is 10.6. The van der Waals surface area contributed by atoms with Crippen LogP contribution in [0.3, 0.4) is 0 Å². The number of nitrogens with zero attached hydrogens (tertiary/aromatic N) is 5. The van der Waals surface area contributed by atoms with Crippen LogP contribution in [0.2, 0.25) is 0 Å².